The number of hydrogen-bond acceptors (Lipinski definition) is 3. The van der Waals surface area contributed by atoms with Crippen molar-refractivity contribution >= 4 is 10.8 Å². The fourth-order valence-corrected chi connectivity index (χ4v) is 3.60. The van der Waals surface area contributed by atoms with Crippen LogP contribution in [0.1, 0.15) is 31.9 Å². The molecule has 1 fully saturated rings. The average Bonchev–Trinajstić information content (AvgIpc) is 2.45. The molecule has 1 aliphatic heterocycles. The summed E-state index contributed by atoms with van der Waals surface area (Å²) in [4.78, 5) is 2.51. The highest BCUT2D eigenvalue weighted by atomic mass is 32.2. The summed E-state index contributed by atoms with van der Waals surface area (Å²) in [6, 6.07) is 11.6. The lowest BCUT2D eigenvalue weighted by Gasteiger charge is -2.41. The second-order valence-corrected chi connectivity index (χ2v) is 7.99. The van der Waals surface area contributed by atoms with Crippen molar-refractivity contribution in [1.29, 1.82) is 0 Å². The minimum Gasteiger partial charge on any atom is -0.311 e. The molecule has 1 N–H and O–H groups in total. The maximum Gasteiger partial charge on any atom is 0.0473 e. The molecule has 1 heterocycles. The van der Waals surface area contributed by atoms with Crippen LogP contribution in [-0.2, 0) is 10.8 Å². The van der Waals surface area contributed by atoms with E-state index in [0.717, 1.165) is 25.4 Å². The summed E-state index contributed by atoms with van der Waals surface area (Å²) >= 11 is 0. The molecule has 0 radical (unpaired) electrons. The Kier molecular flexibility index (Phi) is 6.40. The van der Waals surface area contributed by atoms with E-state index >= 15 is 0 Å². The summed E-state index contributed by atoms with van der Waals surface area (Å²) in [5.74, 6) is 1.47. The first-order valence-corrected chi connectivity index (χ1v) is 9.61. The van der Waals surface area contributed by atoms with Crippen LogP contribution >= 0.6 is 0 Å². The zero-order valence-electron chi connectivity index (χ0n) is 13.4. The molecular formula is C17H28N2OS. The van der Waals surface area contributed by atoms with Crippen molar-refractivity contribution in [2.75, 3.05) is 31.6 Å². The molecule has 3 nitrogen and oxygen atoms in total. The molecule has 0 bridgehead atoms. The number of piperazine rings is 1. The highest BCUT2D eigenvalue weighted by Crippen LogP contribution is 2.24. The Morgan fingerprint density at radius 3 is 2.67 bits per heavy atom. The van der Waals surface area contributed by atoms with Crippen molar-refractivity contribution in [3.8, 4) is 0 Å². The van der Waals surface area contributed by atoms with Gasteiger partial charge in [0.05, 0.1) is 0 Å². The molecule has 1 aromatic rings. The molecule has 2 rings (SSSR count). The van der Waals surface area contributed by atoms with Crippen molar-refractivity contribution < 1.29 is 4.21 Å². The topological polar surface area (TPSA) is 32.3 Å². The van der Waals surface area contributed by atoms with Crippen molar-refractivity contribution in [2.24, 2.45) is 5.92 Å². The van der Waals surface area contributed by atoms with E-state index in [2.05, 4.69) is 54.4 Å². The molecular weight excluding hydrogens is 280 g/mol. The average molecular weight is 308 g/mol. The smallest absolute Gasteiger partial charge is 0.0473 e. The summed E-state index contributed by atoms with van der Waals surface area (Å²) in [5, 5.41) is 3.70. The van der Waals surface area contributed by atoms with E-state index < -0.39 is 10.8 Å². The standard InChI is InChI=1S/C17H28N2OS/c1-14(2)11-16-13-19(9-10-21(3)20)17(12-18-16)15-7-5-4-6-8-15/h4-8,14,16-18H,9-13H2,1-3H3. The summed E-state index contributed by atoms with van der Waals surface area (Å²) in [6.45, 7) is 7.50. The first kappa shape index (κ1) is 16.7. The third-order valence-electron chi connectivity index (χ3n) is 4.10. The quantitative estimate of drug-likeness (QED) is 0.876. The van der Waals surface area contributed by atoms with Gasteiger partial charge in [-0.2, -0.15) is 0 Å². The molecule has 3 atom stereocenters. The number of hydrogen-bond donors (Lipinski definition) is 1. The van der Waals surface area contributed by atoms with Gasteiger partial charge in [-0.3, -0.25) is 9.11 Å². The molecule has 118 valence electrons. The lowest BCUT2D eigenvalue weighted by Crippen LogP contribution is -2.53. The molecule has 0 aromatic heterocycles. The third kappa shape index (κ3) is 5.20. The summed E-state index contributed by atoms with van der Waals surface area (Å²) < 4.78 is 11.5. The Morgan fingerprint density at radius 1 is 1.33 bits per heavy atom. The van der Waals surface area contributed by atoms with E-state index in [1.807, 2.05) is 0 Å². The molecule has 21 heavy (non-hydrogen) atoms. The van der Waals surface area contributed by atoms with Gasteiger partial charge in [0.1, 0.15) is 0 Å². The maximum atomic E-state index is 11.5. The van der Waals surface area contributed by atoms with E-state index in [1.54, 1.807) is 6.26 Å². The Labute approximate surface area is 131 Å². The fourth-order valence-electron chi connectivity index (χ4n) is 3.11. The van der Waals surface area contributed by atoms with Gasteiger partial charge in [-0.15, -0.1) is 0 Å². The molecule has 1 saturated heterocycles. The molecule has 0 saturated carbocycles. The van der Waals surface area contributed by atoms with E-state index in [-0.39, 0.29) is 0 Å². The molecule has 3 unspecified atom stereocenters. The molecule has 1 aromatic carbocycles. The van der Waals surface area contributed by atoms with Gasteiger partial charge in [0, 0.05) is 54.5 Å². The Balaban J connectivity index is 2.06. The monoisotopic (exact) mass is 308 g/mol. The Hall–Kier alpha value is -0.710. The Morgan fingerprint density at radius 2 is 2.05 bits per heavy atom. The van der Waals surface area contributed by atoms with Crippen molar-refractivity contribution in [3.05, 3.63) is 35.9 Å². The largest absolute Gasteiger partial charge is 0.311 e. The normalized spacial score (nSPS) is 25.1. The predicted octanol–water partition coefficient (Wildman–Crippen LogP) is 2.43. The van der Waals surface area contributed by atoms with Crippen molar-refractivity contribution in [3.63, 3.8) is 0 Å². The van der Waals surface area contributed by atoms with Gasteiger partial charge >= 0.3 is 0 Å². The van der Waals surface area contributed by atoms with E-state index in [4.69, 9.17) is 0 Å². The van der Waals surface area contributed by atoms with Gasteiger partial charge in [-0.25, -0.2) is 0 Å². The SMILES string of the molecule is CC(C)CC1CN(CCS(C)=O)C(c2ccccc2)CN1. The third-order valence-corrected chi connectivity index (χ3v) is 4.86. The zero-order chi connectivity index (χ0) is 15.2. The van der Waals surface area contributed by atoms with Crippen LogP contribution in [0.5, 0.6) is 0 Å². The van der Waals surface area contributed by atoms with Gasteiger partial charge in [-0.05, 0) is 17.9 Å². The predicted molar refractivity (Wildman–Crippen MR) is 90.9 cm³/mol. The molecule has 0 aliphatic carbocycles. The minimum absolute atomic E-state index is 0.401. The van der Waals surface area contributed by atoms with Crippen LogP contribution in [-0.4, -0.2) is 46.8 Å². The van der Waals surface area contributed by atoms with Crippen LogP contribution in [0.15, 0.2) is 30.3 Å². The van der Waals surface area contributed by atoms with Gasteiger partial charge in [0.15, 0.2) is 0 Å². The molecule has 4 heteroatoms. The molecule has 0 spiro atoms. The first-order chi connectivity index (χ1) is 10.1. The highest BCUT2D eigenvalue weighted by molar-refractivity contribution is 7.84. The number of nitrogens with zero attached hydrogens (tertiary/aromatic N) is 1. The fraction of sp³-hybridized carbons (Fsp3) is 0.647. The van der Waals surface area contributed by atoms with Crippen LogP contribution in [0, 0.1) is 5.92 Å². The van der Waals surface area contributed by atoms with Gasteiger partial charge < -0.3 is 5.32 Å². The molecule has 1 aliphatic rings. The van der Waals surface area contributed by atoms with E-state index in [0.29, 0.717) is 18.0 Å². The number of rotatable bonds is 6. The number of benzene rings is 1. The first-order valence-electron chi connectivity index (χ1n) is 7.88. The minimum atomic E-state index is -0.723. The van der Waals surface area contributed by atoms with Crippen LogP contribution in [0.4, 0.5) is 0 Å². The second kappa shape index (κ2) is 8.06. The van der Waals surface area contributed by atoms with Crippen LogP contribution < -0.4 is 5.32 Å². The lowest BCUT2D eigenvalue weighted by atomic mass is 9.96. The Bertz CT molecular complexity index is 449. The maximum absolute atomic E-state index is 11.5. The summed E-state index contributed by atoms with van der Waals surface area (Å²) in [5.41, 5.74) is 1.36. The van der Waals surface area contributed by atoms with Gasteiger partial charge in [0.2, 0.25) is 0 Å². The van der Waals surface area contributed by atoms with Crippen molar-refractivity contribution in [1.82, 2.24) is 10.2 Å². The van der Waals surface area contributed by atoms with Gasteiger partial charge in [0.25, 0.3) is 0 Å². The highest BCUT2D eigenvalue weighted by Gasteiger charge is 2.28. The summed E-state index contributed by atoms with van der Waals surface area (Å²) in [6.07, 6.45) is 3.00. The zero-order valence-corrected chi connectivity index (χ0v) is 14.2. The van der Waals surface area contributed by atoms with Crippen LogP contribution in [0.3, 0.4) is 0 Å². The molecule has 0 amide bonds. The van der Waals surface area contributed by atoms with Gasteiger partial charge in [-0.1, -0.05) is 44.2 Å². The van der Waals surface area contributed by atoms with E-state index in [9.17, 15) is 4.21 Å². The lowest BCUT2D eigenvalue weighted by molar-refractivity contribution is 0.129. The number of nitrogens with one attached hydrogen (secondary N) is 1. The summed E-state index contributed by atoms with van der Waals surface area (Å²) in [7, 11) is -0.723. The van der Waals surface area contributed by atoms with Crippen molar-refractivity contribution in [2.45, 2.75) is 32.4 Å². The van der Waals surface area contributed by atoms with Crippen LogP contribution in [0.2, 0.25) is 0 Å². The second-order valence-electron chi connectivity index (χ2n) is 6.43. The van der Waals surface area contributed by atoms with E-state index in [1.165, 1.54) is 12.0 Å². The van der Waals surface area contributed by atoms with Crippen LogP contribution in [0.25, 0.3) is 0 Å².